The lowest BCUT2D eigenvalue weighted by atomic mass is 10.1. The molecule has 0 radical (unpaired) electrons. The summed E-state index contributed by atoms with van der Waals surface area (Å²) < 4.78 is 1.94. The maximum Gasteiger partial charge on any atom is 0.124 e. The molecule has 0 bridgehead atoms. The van der Waals surface area contributed by atoms with Gasteiger partial charge in [-0.2, -0.15) is 5.10 Å². The summed E-state index contributed by atoms with van der Waals surface area (Å²) in [5, 5.41) is 16.5. The number of nitrogens with zero attached hydrogens (tertiary/aromatic N) is 2. The average molecular weight is 298 g/mol. The molecule has 0 aliphatic heterocycles. The van der Waals surface area contributed by atoms with Gasteiger partial charge < -0.3 is 5.11 Å². The second-order valence-corrected chi connectivity index (χ2v) is 6.11. The highest BCUT2D eigenvalue weighted by Gasteiger charge is 2.07. The van der Waals surface area contributed by atoms with Crippen molar-refractivity contribution in [2.24, 2.45) is 7.05 Å². The first-order valence-electron chi connectivity index (χ1n) is 7.03. The Kier molecular flexibility index (Phi) is 3.88. The maximum absolute atomic E-state index is 10.1. The van der Waals surface area contributed by atoms with E-state index in [0.717, 1.165) is 33.5 Å². The van der Waals surface area contributed by atoms with Crippen LogP contribution in [0.25, 0.3) is 10.8 Å². The second-order valence-electron chi connectivity index (χ2n) is 5.06. The van der Waals surface area contributed by atoms with Gasteiger partial charge in [0.25, 0.3) is 0 Å². The Morgan fingerprint density at radius 3 is 2.76 bits per heavy atom. The van der Waals surface area contributed by atoms with Gasteiger partial charge in [0.2, 0.25) is 0 Å². The fourth-order valence-corrected chi connectivity index (χ4v) is 3.37. The van der Waals surface area contributed by atoms with Crippen molar-refractivity contribution in [3.05, 3.63) is 53.9 Å². The first kappa shape index (κ1) is 14.0. The minimum Gasteiger partial charge on any atom is -0.507 e. The minimum atomic E-state index is 0.342. The predicted molar refractivity (Wildman–Crippen MR) is 87.8 cm³/mol. The molecule has 108 valence electrons. The molecule has 0 atom stereocenters. The van der Waals surface area contributed by atoms with Gasteiger partial charge in [0.05, 0.1) is 5.69 Å². The quantitative estimate of drug-likeness (QED) is 0.736. The highest BCUT2D eigenvalue weighted by molar-refractivity contribution is 7.98. The maximum atomic E-state index is 10.1. The lowest BCUT2D eigenvalue weighted by Gasteiger charge is -2.06. The number of hydrogen-bond acceptors (Lipinski definition) is 3. The summed E-state index contributed by atoms with van der Waals surface area (Å²) >= 11 is 1.72. The summed E-state index contributed by atoms with van der Waals surface area (Å²) in [4.78, 5) is 1.07. The number of aromatic hydroxyl groups is 1. The van der Waals surface area contributed by atoms with Gasteiger partial charge in [-0.05, 0) is 30.0 Å². The number of aromatic nitrogens is 2. The first-order chi connectivity index (χ1) is 10.2. The van der Waals surface area contributed by atoms with E-state index in [-0.39, 0.29) is 0 Å². The fraction of sp³-hybridized carbons (Fsp3) is 0.235. The van der Waals surface area contributed by atoms with Crippen LogP contribution in [0.3, 0.4) is 0 Å². The molecule has 3 rings (SSSR count). The molecule has 21 heavy (non-hydrogen) atoms. The van der Waals surface area contributed by atoms with Crippen LogP contribution in [-0.2, 0) is 19.2 Å². The summed E-state index contributed by atoms with van der Waals surface area (Å²) in [5.74, 6) is 1.19. The molecule has 0 saturated heterocycles. The molecule has 3 nitrogen and oxygen atoms in total. The van der Waals surface area contributed by atoms with Crippen molar-refractivity contribution in [3.63, 3.8) is 0 Å². The molecule has 0 fully saturated rings. The Bertz CT molecular complexity index is 780. The topological polar surface area (TPSA) is 38.0 Å². The van der Waals surface area contributed by atoms with E-state index < -0.39 is 0 Å². The van der Waals surface area contributed by atoms with Crippen LogP contribution in [0.15, 0.2) is 47.4 Å². The molecule has 1 aromatic heterocycles. The minimum absolute atomic E-state index is 0.342. The summed E-state index contributed by atoms with van der Waals surface area (Å²) in [6.45, 7) is 2.11. The van der Waals surface area contributed by atoms with Gasteiger partial charge in [-0.25, -0.2) is 0 Å². The predicted octanol–water partition coefficient (Wildman–Crippen LogP) is 4.13. The summed E-state index contributed by atoms with van der Waals surface area (Å²) in [6.07, 6.45) is 0.954. The molecule has 3 aromatic rings. The Hall–Kier alpha value is -1.94. The van der Waals surface area contributed by atoms with E-state index in [4.69, 9.17) is 0 Å². The molecule has 0 amide bonds. The number of phenolic OH excluding ortho intramolecular Hbond substituents is 1. The Morgan fingerprint density at radius 1 is 1.19 bits per heavy atom. The van der Waals surface area contributed by atoms with Crippen molar-refractivity contribution in [3.8, 4) is 5.75 Å². The molecule has 4 heteroatoms. The summed E-state index contributed by atoms with van der Waals surface area (Å²) in [7, 11) is 1.98. The molecular formula is C17H18N2OS. The number of rotatable bonds is 4. The second kappa shape index (κ2) is 5.82. The van der Waals surface area contributed by atoms with E-state index in [9.17, 15) is 5.11 Å². The van der Waals surface area contributed by atoms with Crippen LogP contribution in [0.1, 0.15) is 18.3 Å². The Balaban J connectivity index is 1.83. The SMILES string of the molecule is CCc1cc(CSc2cc(O)c3ccccc3c2)n(C)n1. The number of benzene rings is 2. The van der Waals surface area contributed by atoms with Gasteiger partial charge in [-0.15, -0.1) is 11.8 Å². The van der Waals surface area contributed by atoms with Gasteiger partial charge in [0.1, 0.15) is 5.75 Å². The van der Waals surface area contributed by atoms with Gasteiger partial charge in [0, 0.05) is 28.8 Å². The molecule has 1 N–H and O–H groups in total. The number of hydrogen-bond donors (Lipinski definition) is 1. The third-order valence-electron chi connectivity index (χ3n) is 3.59. The van der Waals surface area contributed by atoms with E-state index >= 15 is 0 Å². The number of fused-ring (bicyclic) bond motifs is 1. The highest BCUT2D eigenvalue weighted by Crippen LogP contribution is 2.32. The van der Waals surface area contributed by atoms with Gasteiger partial charge in [0.15, 0.2) is 0 Å². The molecule has 0 aliphatic rings. The summed E-state index contributed by atoms with van der Waals surface area (Å²) in [5.41, 5.74) is 2.32. The molecule has 0 aliphatic carbocycles. The van der Waals surface area contributed by atoms with Crippen LogP contribution in [0.5, 0.6) is 5.75 Å². The highest BCUT2D eigenvalue weighted by atomic mass is 32.2. The number of aryl methyl sites for hydroxylation is 2. The van der Waals surface area contributed by atoms with Crippen LogP contribution in [0.2, 0.25) is 0 Å². The third kappa shape index (κ3) is 2.90. The van der Waals surface area contributed by atoms with Crippen molar-refractivity contribution in [2.45, 2.75) is 24.0 Å². The molecule has 0 saturated carbocycles. The largest absolute Gasteiger partial charge is 0.507 e. The monoisotopic (exact) mass is 298 g/mol. The standard InChI is InChI=1S/C17H18N2OS/c1-3-13-9-14(19(2)18-13)11-21-15-8-12-6-4-5-7-16(12)17(20)10-15/h4-10,20H,3,11H2,1-2H3. The molecule has 0 spiro atoms. The lowest BCUT2D eigenvalue weighted by molar-refractivity contribution is 0.480. The molecule has 1 heterocycles. The van der Waals surface area contributed by atoms with Crippen molar-refractivity contribution < 1.29 is 5.11 Å². The van der Waals surface area contributed by atoms with Crippen molar-refractivity contribution in [1.82, 2.24) is 9.78 Å². The first-order valence-corrected chi connectivity index (χ1v) is 8.02. The van der Waals surface area contributed by atoms with Crippen LogP contribution in [0.4, 0.5) is 0 Å². The third-order valence-corrected chi connectivity index (χ3v) is 4.60. The number of phenols is 1. The van der Waals surface area contributed by atoms with Crippen molar-refractivity contribution in [1.29, 1.82) is 0 Å². The zero-order chi connectivity index (χ0) is 14.8. The molecular weight excluding hydrogens is 280 g/mol. The van der Waals surface area contributed by atoms with Gasteiger partial charge in [-0.1, -0.05) is 31.2 Å². The van der Waals surface area contributed by atoms with E-state index in [2.05, 4.69) is 24.2 Å². The number of thioether (sulfide) groups is 1. The van der Waals surface area contributed by atoms with E-state index in [0.29, 0.717) is 5.75 Å². The van der Waals surface area contributed by atoms with Gasteiger partial charge in [-0.3, -0.25) is 4.68 Å². The normalized spacial score (nSPS) is 11.1. The Labute approximate surface area is 128 Å². The zero-order valence-electron chi connectivity index (χ0n) is 12.2. The van der Waals surface area contributed by atoms with E-state index in [1.165, 1.54) is 5.69 Å². The fourth-order valence-electron chi connectivity index (χ4n) is 2.38. The molecule has 0 unspecified atom stereocenters. The summed E-state index contributed by atoms with van der Waals surface area (Å²) in [6, 6.07) is 14.0. The van der Waals surface area contributed by atoms with Crippen LogP contribution >= 0.6 is 11.8 Å². The molecule has 2 aromatic carbocycles. The van der Waals surface area contributed by atoms with Crippen LogP contribution in [0, 0.1) is 0 Å². The van der Waals surface area contributed by atoms with Crippen LogP contribution < -0.4 is 0 Å². The Morgan fingerprint density at radius 2 is 2.00 bits per heavy atom. The van der Waals surface area contributed by atoms with Crippen LogP contribution in [-0.4, -0.2) is 14.9 Å². The van der Waals surface area contributed by atoms with Crippen molar-refractivity contribution >= 4 is 22.5 Å². The van der Waals surface area contributed by atoms with E-state index in [1.807, 2.05) is 42.1 Å². The zero-order valence-corrected chi connectivity index (χ0v) is 13.0. The smallest absolute Gasteiger partial charge is 0.124 e. The van der Waals surface area contributed by atoms with Crippen molar-refractivity contribution in [2.75, 3.05) is 0 Å². The lowest BCUT2D eigenvalue weighted by Crippen LogP contribution is -1.96. The van der Waals surface area contributed by atoms with Gasteiger partial charge >= 0.3 is 0 Å². The van der Waals surface area contributed by atoms with E-state index in [1.54, 1.807) is 11.8 Å². The average Bonchev–Trinajstić information content (AvgIpc) is 2.86.